The zero-order valence-corrected chi connectivity index (χ0v) is 16.8. The number of thiophene rings is 1. The first-order valence-electron chi connectivity index (χ1n) is 9.33. The van der Waals surface area contributed by atoms with E-state index in [4.69, 9.17) is 4.74 Å². The van der Waals surface area contributed by atoms with Gasteiger partial charge < -0.3 is 4.74 Å². The Balaban J connectivity index is 1.50. The predicted octanol–water partition coefficient (Wildman–Crippen LogP) is 5.04. The highest BCUT2D eigenvalue weighted by Crippen LogP contribution is 2.28. The van der Waals surface area contributed by atoms with Gasteiger partial charge in [-0.15, -0.1) is 11.3 Å². The molecular formula is C24H18N2O3S. The Morgan fingerprint density at radius 3 is 2.40 bits per heavy atom. The van der Waals surface area contributed by atoms with E-state index in [2.05, 4.69) is 5.10 Å². The van der Waals surface area contributed by atoms with E-state index < -0.39 is 5.97 Å². The SMILES string of the molecule is O=C(C=Cc1cn(-c2ccccc2)nc1-c1cccs1)OCC(=O)c1ccccc1. The topological polar surface area (TPSA) is 61.2 Å². The summed E-state index contributed by atoms with van der Waals surface area (Å²) in [5.41, 5.74) is 3.00. The zero-order valence-electron chi connectivity index (χ0n) is 16.0. The highest BCUT2D eigenvalue weighted by molar-refractivity contribution is 7.13. The Hall–Kier alpha value is -3.77. The summed E-state index contributed by atoms with van der Waals surface area (Å²) in [6.45, 7) is -0.297. The zero-order chi connectivity index (χ0) is 20.8. The summed E-state index contributed by atoms with van der Waals surface area (Å²) >= 11 is 1.57. The van der Waals surface area contributed by atoms with Crippen LogP contribution in [0.2, 0.25) is 0 Å². The fourth-order valence-electron chi connectivity index (χ4n) is 2.88. The van der Waals surface area contributed by atoms with Crippen molar-refractivity contribution in [2.75, 3.05) is 6.61 Å². The molecule has 0 bridgehead atoms. The second-order valence-electron chi connectivity index (χ2n) is 6.42. The normalized spacial score (nSPS) is 10.9. The van der Waals surface area contributed by atoms with Crippen LogP contribution >= 0.6 is 11.3 Å². The van der Waals surface area contributed by atoms with Crippen LogP contribution in [0.3, 0.4) is 0 Å². The van der Waals surface area contributed by atoms with Gasteiger partial charge in [-0.25, -0.2) is 9.48 Å². The van der Waals surface area contributed by atoms with Crippen LogP contribution < -0.4 is 0 Å². The third-order valence-corrected chi connectivity index (χ3v) is 5.23. The van der Waals surface area contributed by atoms with Gasteiger partial charge in [0.25, 0.3) is 0 Å². The maximum atomic E-state index is 12.1. The number of carbonyl (C=O) groups excluding carboxylic acids is 2. The molecule has 148 valence electrons. The Bertz CT molecular complexity index is 1160. The smallest absolute Gasteiger partial charge is 0.331 e. The van der Waals surface area contributed by atoms with Crippen LogP contribution in [0.5, 0.6) is 0 Å². The van der Waals surface area contributed by atoms with Crippen molar-refractivity contribution in [1.29, 1.82) is 0 Å². The number of ether oxygens (including phenoxy) is 1. The van der Waals surface area contributed by atoms with Gasteiger partial charge in [0.15, 0.2) is 12.4 Å². The van der Waals surface area contributed by atoms with Crippen molar-refractivity contribution in [2.45, 2.75) is 0 Å². The van der Waals surface area contributed by atoms with Gasteiger partial charge in [0.2, 0.25) is 0 Å². The first-order valence-corrected chi connectivity index (χ1v) is 10.2. The van der Waals surface area contributed by atoms with E-state index in [-0.39, 0.29) is 12.4 Å². The van der Waals surface area contributed by atoms with Crippen LogP contribution in [-0.2, 0) is 9.53 Å². The lowest BCUT2D eigenvalue weighted by Gasteiger charge is -2.01. The predicted molar refractivity (Wildman–Crippen MR) is 118 cm³/mol. The molecule has 2 aromatic carbocycles. The van der Waals surface area contributed by atoms with Crippen molar-refractivity contribution in [2.24, 2.45) is 0 Å². The molecule has 0 aliphatic carbocycles. The van der Waals surface area contributed by atoms with Crippen LogP contribution in [0.4, 0.5) is 0 Å². The number of nitrogens with zero attached hydrogens (tertiary/aromatic N) is 2. The Labute approximate surface area is 177 Å². The Kier molecular flexibility index (Phi) is 5.96. The third kappa shape index (κ3) is 4.61. The molecule has 0 spiro atoms. The van der Waals surface area contributed by atoms with Crippen molar-refractivity contribution in [3.63, 3.8) is 0 Å². The van der Waals surface area contributed by atoms with E-state index in [0.29, 0.717) is 5.56 Å². The molecule has 0 N–H and O–H groups in total. The van der Waals surface area contributed by atoms with E-state index in [1.54, 1.807) is 46.4 Å². The average Bonchev–Trinajstić information content (AvgIpc) is 3.47. The quantitative estimate of drug-likeness (QED) is 0.241. The number of hydrogen-bond acceptors (Lipinski definition) is 5. The van der Waals surface area contributed by atoms with E-state index in [1.165, 1.54) is 6.08 Å². The first kappa shape index (κ1) is 19.5. The van der Waals surface area contributed by atoms with Gasteiger partial charge in [-0.2, -0.15) is 5.10 Å². The largest absolute Gasteiger partial charge is 0.454 e. The molecule has 4 aromatic rings. The maximum absolute atomic E-state index is 12.1. The maximum Gasteiger partial charge on any atom is 0.331 e. The number of rotatable bonds is 7. The molecule has 0 saturated heterocycles. The van der Waals surface area contributed by atoms with Gasteiger partial charge >= 0.3 is 5.97 Å². The number of para-hydroxylation sites is 1. The standard InChI is InChI=1S/C24H18N2O3S/c27-21(18-8-3-1-4-9-18)17-29-23(28)14-13-19-16-26(20-10-5-2-6-11-20)25-24(19)22-12-7-15-30-22/h1-16H,17H2. The number of ketones is 1. The van der Waals surface area contributed by atoms with Crippen LogP contribution in [-0.4, -0.2) is 28.1 Å². The van der Waals surface area contributed by atoms with E-state index >= 15 is 0 Å². The summed E-state index contributed by atoms with van der Waals surface area (Å²) in [6, 6.07) is 22.4. The minimum Gasteiger partial charge on any atom is -0.454 e. The lowest BCUT2D eigenvalue weighted by molar-refractivity contribution is -0.136. The van der Waals surface area contributed by atoms with Gasteiger partial charge in [0.1, 0.15) is 5.69 Å². The Morgan fingerprint density at radius 2 is 1.70 bits per heavy atom. The van der Waals surface area contributed by atoms with Gasteiger partial charge in [0.05, 0.1) is 10.6 Å². The first-order chi connectivity index (χ1) is 14.7. The van der Waals surface area contributed by atoms with Crippen molar-refractivity contribution in [3.05, 3.63) is 102 Å². The molecule has 0 aliphatic rings. The molecule has 2 aromatic heterocycles. The number of benzene rings is 2. The summed E-state index contributed by atoms with van der Waals surface area (Å²) in [7, 11) is 0. The van der Waals surface area contributed by atoms with E-state index in [0.717, 1.165) is 21.8 Å². The monoisotopic (exact) mass is 414 g/mol. The molecule has 0 saturated carbocycles. The molecule has 2 heterocycles. The summed E-state index contributed by atoms with van der Waals surface area (Å²) in [6.07, 6.45) is 4.85. The number of hydrogen-bond donors (Lipinski definition) is 0. The summed E-state index contributed by atoms with van der Waals surface area (Å²) in [4.78, 5) is 25.2. The molecular weight excluding hydrogens is 396 g/mol. The molecule has 5 nitrogen and oxygen atoms in total. The van der Waals surface area contributed by atoms with Gasteiger partial charge in [-0.1, -0.05) is 54.6 Å². The average molecular weight is 414 g/mol. The lowest BCUT2D eigenvalue weighted by atomic mass is 10.1. The number of Topliss-reactive ketones (excluding diaryl/α,β-unsaturated/α-hetero) is 1. The molecule has 4 rings (SSSR count). The molecule has 0 fully saturated rings. The van der Waals surface area contributed by atoms with Crippen LogP contribution in [0.25, 0.3) is 22.3 Å². The van der Waals surface area contributed by atoms with Crippen molar-refractivity contribution in [1.82, 2.24) is 9.78 Å². The molecule has 0 unspecified atom stereocenters. The number of carbonyl (C=O) groups is 2. The molecule has 0 aliphatic heterocycles. The van der Waals surface area contributed by atoms with Gasteiger partial charge in [0, 0.05) is 23.4 Å². The summed E-state index contributed by atoms with van der Waals surface area (Å²) < 4.78 is 6.88. The highest BCUT2D eigenvalue weighted by Gasteiger charge is 2.12. The third-order valence-electron chi connectivity index (χ3n) is 4.36. The minimum absolute atomic E-state index is 0.242. The fraction of sp³-hybridized carbons (Fsp3) is 0.0417. The van der Waals surface area contributed by atoms with Crippen LogP contribution in [0.15, 0.2) is 90.4 Å². The Morgan fingerprint density at radius 1 is 0.967 bits per heavy atom. The molecule has 30 heavy (non-hydrogen) atoms. The molecule has 6 heteroatoms. The van der Waals surface area contributed by atoms with Crippen LogP contribution in [0.1, 0.15) is 15.9 Å². The van der Waals surface area contributed by atoms with E-state index in [9.17, 15) is 9.59 Å². The van der Waals surface area contributed by atoms with Crippen molar-refractivity contribution < 1.29 is 14.3 Å². The number of aromatic nitrogens is 2. The molecule has 0 atom stereocenters. The second kappa shape index (κ2) is 9.15. The van der Waals surface area contributed by atoms with E-state index in [1.807, 2.05) is 60.1 Å². The van der Waals surface area contributed by atoms with Crippen LogP contribution in [0, 0.1) is 0 Å². The van der Waals surface area contributed by atoms with Crippen molar-refractivity contribution in [3.8, 4) is 16.3 Å². The summed E-state index contributed by atoms with van der Waals surface area (Å²) in [5.74, 6) is -0.822. The van der Waals surface area contributed by atoms with Gasteiger partial charge in [-0.05, 0) is 29.7 Å². The summed E-state index contributed by atoms with van der Waals surface area (Å²) in [5, 5.41) is 6.66. The van der Waals surface area contributed by atoms with Crippen molar-refractivity contribution >= 4 is 29.2 Å². The number of esters is 1. The highest BCUT2D eigenvalue weighted by atomic mass is 32.1. The fourth-order valence-corrected chi connectivity index (χ4v) is 3.61. The minimum atomic E-state index is -0.580. The lowest BCUT2D eigenvalue weighted by Crippen LogP contribution is -2.12. The van der Waals surface area contributed by atoms with Gasteiger partial charge in [-0.3, -0.25) is 4.79 Å². The molecule has 0 amide bonds. The second-order valence-corrected chi connectivity index (χ2v) is 7.37. The molecule has 0 radical (unpaired) electrons.